The van der Waals surface area contributed by atoms with Crippen LogP contribution < -0.4 is 11.1 Å². The van der Waals surface area contributed by atoms with E-state index in [1.54, 1.807) is 18.3 Å². The lowest BCUT2D eigenvalue weighted by Crippen LogP contribution is -2.39. The molecule has 1 aromatic carbocycles. The minimum atomic E-state index is -0.576. The molecule has 0 saturated carbocycles. The maximum atomic E-state index is 13.5. The van der Waals surface area contributed by atoms with Gasteiger partial charge in [0, 0.05) is 11.8 Å². The Kier molecular flexibility index (Phi) is 7.25. The van der Waals surface area contributed by atoms with E-state index in [2.05, 4.69) is 23.3 Å². The molecule has 0 saturated heterocycles. The number of rotatable bonds is 7. The molecule has 0 radical (unpaired) electrons. The van der Waals surface area contributed by atoms with Crippen molar-refractivity contribution in [3.05, 3.63) is 65.1 Å². The van der Waals surface area contributed by atoms with Crippen LogP contribution in [0, 0.1) is 18.7 Å². The first kappa shape index (κ1) is 20.8. The van der Waals surface area contributed by atoms with Gasteiger partial charge in [-0.05, 0) is 60.2 Å². The first-order valence-corrected chi connectivity index (χ1v) is 9.33. The molecule has 0 aliphatic carbocycles. The van der Waals surface area contributed by atoms with E-state index in [0.29, 0.717) is 5.82 Å². The molecule has 1 aromatic heterocycles. The topological polar surface area (TPSA) is 68.0 Å². The van der Waals surface area contributed by atoms with E-state index >= 15 is 0 Å². The summed E-state index contributed by atoms with van der Waals surface area (Å²) in [5.74, 6) is 0.0185. The number of unbranched alkanes of at least 4 members (excludes halogenated alkanes) is 1. The van der Waals surface area contributed by atoms with E-state index in [4.69, 9.17) is 5.73 Å². The minimum Gasteiger partial charge on any atom is -0.320 e. The predicted molar refractivity (Wildman–Crippen MR) is 109 cm³/mol. The van der Waals surface area contributed by atoms with Crippen molar-refractivity contribution >= 4 is 17.3 Å². The first-order chi connectivity index (χ1) is 12.8. The smallest absolute Gasteiger partial charge is 0.242 e. The predicted octanol–water partition coefficient (Wildman–Crippen LogP) is 4.68. The van der Waals surface area contributed by atoms with E-state index in [1.807, 2.05) is 26.8 Å². The zero-order chi connectivity index (χ0) is 20.0. The standard InChI is InChI=1S/C22H28FN3O/c1-5-6-7-19(18-10-9-17(23)12-15(18)4)16-8-11-20(25-13-16)26-22(27)21(24)14(2)3/h7-14,21H,5-6,24H2,1-4H3,(H,25,26,27)/b19-7-. The molecule has 27 heavy (non-hydrogen) atoms. The van der Waals surface area contributed by atoms with Crippen LogP contribution in [0.5, 0.6) is 0 Å². The fraction of sp³-hybridized carbons (Fsp3) is 0.364. The van der Waals surface area contributed by atoms with Crippen LogP contribution in [0.2, 0.25) is 0 Å². The maximum absolute atomic E-state index is 13.5. The van der Waals surface area contributed by atoms with Crippen molar-refractivity contribution in [2.24, 2.45) is 11.7 Å². The SMILES string of the molecule is CCC/C=C(/c1ccc(NC(=O)C(N)C(C)C)nc1)c1ccc(F)cc1C. The highest BCUT2D eigenvalue weighted by Gasteiger charge is 2.17. The van der Waals surface area contributed by atoms with Crippen LogP contribution in [-0.4, -0.2) is 16.9 Å². The average molecular weight is 369 g/mol. The van der Waals surface area contributed by atoms with Crippen molar-refractivity contribution in [1.82, 2.24) is 4.98 Å². The summed E-state index contributed by atoms with van der Waals surface area (Å²) >= 11 is 0. The molecule has 5 heteroatoms. The van der Waals surface area contributed by atoms with E-state index in [-0.39, 0.29) is 17.6 Å². The summed E-state index contributed by atoms with van der Waals surface area (Å²) in [5.41, 5.74) is 9.65. The van der Waals surface area contributed by atoms with Gasteiger partial charge in [-0.25, -0.2) is 9.37 Å². The van der Waals surface area contributed by atoms with Gasteiger partial charge in [0.1, 0.15) is 11.6 Å². The molecule has 144 valence electrons. The Morgan fingerprint density at radius 1 is 1.30 bits per heavy atom. The van der Waals surface area contributed by atoms with E-state index in [0.717, 1.165) is 35.1 Å². The zero-order valence-electron chi connectivity index (χ0n) is 16.4. The molecule has 1 amide bonds. The number of allylic oxidation sites excluding steroid dienone is 1. The number of carbonyl (C=O) groups is 1. The van der Waals surface area contributed by atoms with Crippen LogP contribution in [0.3, 0.4) is 0 Å². The number of pyridine rings is 1. The largest absolute Gasteiger partial charge is 0.320 e. The molecule has 2 aromatic rings. The fourth-order valence-corrected chi connectivity index (χ4v) is 2.74. The van der Waals surface area contributed by atoms with Gasteiger partial charge in [-0.2, -0.15) is 0 Å². The summed E-state index contributed by atoms with van der Waals surface area (Å²) in [4.78, 5) is 16.4. The number of hydrogen-bond donors (Lipinski definition) is 2. The van der Waals surface area contributed by atoms with E-state index in [9.17, 15) is 9.18 Å². The molecule has 2 rings (SSSR count). The average Bonchev–Trinajstić information content (AvgIpc) is 2.63. The molecule has 0 aliphatic heterocycles. The first-order valence-electron chi connectivity index (χ1n) is 9.33. The number of carbonyl (C=O) groups excluding carboxylic acids is 1. The van der Waals surface area contributed by atoms with Crippen LogP contribution in [0.1, 0.15) is 50.3 Å². The highest BCUT2D eigenvalue weighted by atomic mass is 19.1. The highest BCUT2D eigenvalue weighted by molar-refractivity contribution is 5.94. The van der Waals surface area contributed by atoms with Crippen LogP contribution in [0.25, 0.3) is 5.57 Å². The summed E-state index contributed by atoms with van der Waals surface area (Å²) in [7, 11) is 0. The highest BCUT2D eigenvalue weighted by Crippen LogP contribution is 2.27. The number of benzene rings is 1. The van der Waals surface area contributed by atoms with Crippen molar-refractivity contribution in [2.75, 3.05) is 5.32 Å². The Bertz CT molecular complexity index is 813. The Morgan fingerprint density at radius 2 is 2.04 bits per heavy atom. The number of anilines is 1. The molecule has 1 atom stereocenters. The summed E-state index contributed by atoms with van der Waals surface area (Å²) in [5, 5.41) is 2.75. The molecule has 1 heterocycles. The summed E-state index contributed by atoms with van der Waals surface area (Å²) in [6.07, 6.45) is 5.79. The van der Waals surface area contributed by atoms with Crippen molar-refractivity contribution < 1.29 is 9.18 Å². The second-order valence-corrected chi connectivity index (χ2v) is 7.06. The molecule has 0 bridgehead atoms. The van der Waals surface area contributed by atoms with Gasteiger partial charge in [0.2, 0.25) is 5.91 Å². The van der Waals surface area contributed by atoms with Gasteiger partial charge in [-0.15, -0.1) is 0 Å². The maximum Gasteiger partial charge on any atom is 0.242 e. The third-order valence-electron chi connectivity index (χ3n) is 4.46. The third-order valence-corrected chi connectivity index (χ3v) is 4.46. The van der Waals surface area contributed by atoms with Gasteiger partial charge < -0.3 is 11.1 Å². The Hall–Kier alpha value is -2.53. The third kappa shape index (κ3) is 5.47. The van der Waals surface area contributed by atoms with Crippen molar-refractivity contribution in [1.29, 1.82) is 0 Å². The lowest BCUT2D eigenvalue weighted by atomic mass is 9.94. The number of nitrogens with two attached hydrogens (primary N) is 1. The van der Waals surface area contributed by atoms with Crippen LogP contribution in [0.15, 0.2) is 42.6 Å². The van der Waals surface area contributed by atoms with Crippen LogP contribution >= 0.6 is 0 Å². The number of hydrogen-bond acceptors (Lipinski definition) is 3. The van der Waals surface area contributed by atoms with Crippen LogP contribution in [-0.2, 0) is 4.79 Å². The summed E-state index contributed by atoms with van der Waals surface area (Å²) in [6.45, 7) is 7.81. The molecule has 0 aliphatic rings. The quantitative estimate of drug-likeness (QED) is 0.744. The molecular formula is C22H28FN3O. The summed E-state index contributed by atoms with van der Waals surface area (Å²) in [6, 6.07) is 7.89. The monoisotopic (exact) mass is 369 g/mol. The van der Waals surface area contributed by atoms with Gasteiger partial charge in [-0.1, -0.05) is 39.3 Å². The van der Waals surface area contributed by atoms with Gasteiger partial charge in [0.15, 0.2) is 0 Å². The van der Waals surface area contributed by atoms with Crippen molar-refractivity contribution in [2.45, 2.75) is 46.6 Å². The van der Waals surface area contributed by atoms with Crippen molar-refractivity contribution in [3.8, 4) is 0 Å². The number of aryl methyl sites for hydroxylation is 1. The number of aromatic nitrogens is 1. The Labute approximate surface area is 160 Å². The number of halogens is 1. The van der Waals surface area contributed by atoms with E-state index in [1.165, 1.54) is 12.1 Å². The number of nitrogens with zero attached hydrogens (tertiary/aromatic N) is 1. The Morgan fingerprint density at radius 3 is 2.59 bits per heavy atom. The zero-order valence-corrected chi connectivity index (χ0v) is 16.4. The molecule has 4 nitrogen and oxygen atoms in total. The molecule has 0 fully saturated rings. The second-order valence-electron chi connectivity index (χ2n) is 7.06. The fourth-order valence-electron chi connectivity index (χ4n) is 2.74. The van der Waals surface area contributed by atoms with Gasteiger partial charge >= 0.3 is 0 Å². The number of nitrogens with one attached hydrogen (secondary N) is 1. The second kappa shape index (κ2) is 9.42. The van der Waals surface area contributed by atoms with Crippen LogP contribution in [0.4, 0.5) is 10.2 Å². The number of amides is 1. The molecule has 0 spiro atoms. The summed E-state index contributed by atoms with van der Waals surface area (Å²) < 4.78 is 13.5. The van der Waals surface area contributed by atoms with E-state index < -0.39 is 6.04 Å². The molecule has 1 unspecified atom stereocenters. The van der Waals surface area contributed by atoms with Gasteiger partial charge in [0.25, 0.3) is 0 Å². The van der Waals surface area contributed by atoms with Crippen molar-refractivity contribution in [3.63, 3.8) is 0 Å². The molecular weight excluding hydrogens is 341 g/mol. The lowest BCUT2D eigenvalue weighted by molar-refractivity contribution is -0.118. The minimum absolute atomic E-state index is 0.0503. The normalized spacial score (nSPS) is 12.9. The lowest BCUT2D eigenvalue weighted by Gasteiger charge is -2.15. The van der Waals surface area contributed by atoms with Gasteiger partial charge in [0.05, 0.1) is 6.04 Å². The molecule has 3 N–H and O–H groups in total. The Balaban J connectivity index is 2.29. The van der Waals surface area contributed by atoms with Gasteiger partial charge in [-0.3, -0.25) is 4.79 Å².